The summed E-state index contributed by atoms with van der Waals surface area (Å²) in [6.07, 6.45) is 7.50. The maximum atomic E-state index is 12.1. The molecule has 2 amide bonds. The van der Waals surface area contributed by atoms with E-state index in [0.717, 1.165) is 24.3 Å². The van der Waals surface area contributed by atoms with Gasteiger partial charge in [0.05, 0.1) is 11.9 Å². The summed E-state index contributed by atoms with van der Waals surface area (Å²) in [7, 11) is 0. The van der Waals surface area contributed by atoms with Gasteiger partial charge in [0.2, 0.25) is 0 Å². The lowest BCUT2D eigenvalue weighted by atomic mass is 9.96. The van der Waals surface area contributed by atoms with Crippen molar-refractivity contribution in [1.82, 2.24) is 10.3 Å². The van der Waals surface area contributed by atoms with Gasteiger partial charge < -0.3 is 16.0 Å². The van der Waals surface area contributed by atoms with Crippen LogP contribution in [0, 0.1) is 20.8 Å². The number of carbonyl (C=O) groups excluding carboxylic acids is 1. The molecule has 0 spiro atoms. The van der Waals surface area contributed by atoms with Crippen LogP contribution in [0.15, 0.2) is 30.5 Å². The summed E-state index contributed by atoms with van der Waals surface area (Å²) >= 11 is 0. The Hall–Kier alpha value is -2.56. The first-order valence-electron chi connectivity index (χ1n) is 9.40. The van der Waals surface area contributed by atoms with Crippen LogP contribution in [0.5, 0.6) is 0 Å². The average molecular weight is 352 g/mol. The van der Waals surface area contributed by atoms with E-state index in [2.05, 4.69) is 53.8 Å². The molecule has 2 aromatic rings. The highest BCUT2D eigenvalue weighted by atomic mass is 16.2. The fourth-order valence-corrected chi connectivity index (χ4v) is 3.65. The molecule has 1 aliphatic rings. The van der Waals surface area contributed by atoms with Crippen molar-refractivity contribution in [3.8, 4) is 0 Å². The van der Waals surface area contributed by atoms with Crippen LogP contribution in [-0.4, -0.2) is 17.1 Å². The van der Waals surface area contributed by atoms with Gasteiger partial charge in [-0.2, -0.15) is 0 Å². The van der Waals surface area contributed by atoms with Crippen molar-refractivity contribution in [3.05, 3.63) is 47.2 Å². The highest BCUT2D eigenvalue weighted by Gasteiger charge is 2.15. The fraction of sp³-hybridized carbons (Fsp3) is 0.429. The molecular formula is C21H28N4O. The molecule has 0 unspecified atom stereocenters. The number of carbonyl (C=O) groups is 1. The third-order valence-corrected chi connectivity index (χ3v) is 4.89. The number of anilines is 3. The van der Waals surface area contributed by atoms with E-state index in [0.29, 0.717) is 11.7 Å². The van der Waals surface area contributed by atoms with E-state index < -0.39 is 0 Å². The normalized spacial score (nSPS) is 14.7. The molecule has 1 aliphatic carbocycles. The molecule has 1 aromatic carbocycles. The Kier molecular flexibility index (Phi) is 5.76. The first kappa shape index (κ1) is 18.2. The fourth-order valence-electron chi connectivity index (χ4n) is 3.65. The van der Waals surface area contributed by atoms with E-state index in [-0.39, 0.29) is 6.03 Å². The third kappa shape index (κ3) is 4.75. The molecule has 5 nitrogen and oxygen atoms in total. The van der Waals surface area contributed by atoms with Gasteiger partial charge in [-0.3, -0.25) is 0 Å². The molecule has 1 aromatic heterocycles. The maximum absolute atomic E-state index is 12.1. The maximum Gasteiger partial charge on any atom is 0.319 e. The summed E-state index contributed by atoms with van der Waals surface area (Å²) in [6, 6.07) is 8.21. The molecule has 1 heterocycles. The number of nitrogens with one attached hydrogen (secondary N) is 3. The highest BCUT2D eigenvalue weighted by molar-refractivity contribution is 5.89. The van der Waals surface area contributed by atoms with Crippen LogP contribution in [0.1, 0.15) is 48.8 Å². The second kappa shape index (κ2) is 8.21. The lowest BCUT2D eigenvalue weighted by molar-refractivity contribution is 0.244. The van der Waals surface area contributed by atoms with Gasteiger partial charge >= 0.3 is 6.03 Å². The van der Waals surface area contributed by atoms with E-state index in [9.17, 15) is 4.79 Å². The minimum Gasteiger partial charge on any atom is -0.340 e. The molecule has 1 fully saturated rings. The van der Waals surface area contributed by atoms with Gasteiger partial charge in [-0.15, -0.1) is 0 Å². The molecule has 0 aliphatic heterocycles. The molecule has 0 radical (unpaired) electrons. The number of urea groups is 1. The van der Waals surface area contributed by atoms with E-state index in [1.165, 1.54) is 36.0 Å². The van der Waals surface area contributed by atoms with Crippen molar-refractivity contribution in [2.45, 2.75) is 58.9 Å². The Morgan fingerprint density at radius 3 is 2.35 bits per heavy atom. The number of benzene rings is 1. The molecule has 5 heteroatoms. The van der Waals surface area contributed by atoms with Crippen LogP contribution in [0.2, 0.25) is 0 Å². The van der Waals surface area contributed by atoms with Gasteiger partial charge in [-0.05, 0) is 56.9 Å². The van der Waals surface area contributed by atoms with Gasteiger partial charge in [0.15, 0.2) is 0 Å². The van der Waals surface area contributed by atoms with Crippen molar-refractivity contribution >= 4 is 23.2 Å². The largest absolute Gasteiger partial charge is 0.340 e. The zero-order chi connectivity index (χ0) is 18.5. The van der Waals surface area contributed by atoms with Crippen LogP contribution in [-0.2, 0) is 0 Å². The smallest absolute Gasteiger partial charge is 0.319 e. The van der Waals surface area contributed by atoms with Gasteiger partial charge in [0.1, 0.15) is 5.82 Å². The molecule has 3 rings (SSSR count). The summed E-state index contributed by atoms with van der Waals surface area (Å²) in [6.45, 7) is 6.28. The summed E-state index contributed by atoms with van der Waals surface area (Å²) in [5, 5.41) is 9.29. The van der Waals surface area contributed by atoms with Gasteiger partial charge in [-0.1, -0.05) is 37.0 Å². The molecule has 0 atom stereocenters. The molecular weight excluding hydrogens is 324 g/mol. The lowest BCUT2D eigenvalue weighted by Crippen LogP contribution is -2.39. The average Bonchev–Trinajstić information content (AvgIpc) is 2.60. The summed E-state index contributed by atoms with van der Waals surface area (Å²) in [5.41, 5.74) is 5.42. The minimum absolute atomic E-state index is 0.148. The lowest BCUT2D eigenvalue weighted by Gasteiger charge is -2.22. The molecule has 0 saturated heterocycles. The summed E-state index contributed by atoms with van der Waals surface area (Å²) in [4.78, 5) is 16.5. The number of aryl methyl sites for hydroxylation is 3. The van der Waals surface area contributed by atoms with Crippen molar-refractivity contribution in [2.75, 3.05) is 10.6 Å². The second-order valence-electron chi connectivity index (χ2n) is 7.26. The number of rotatable bonds is 4. The molecule has 0 bridgehead atoms. The standard InChI is InChI=1S/C21H28N4O/c1-14-11-15(2)20(16(3)12-14)25-19-10-9-18(13-22-19)24-21(26)23-17-7-5-4-6-8-17/h9-13,17H,4-8H2,1-3H3,(H,22,25)(H2,23,24,26). The predicted octanol–water partition coefficient (Wildman–Crippen LogP) is 5.20. The molecule has 26 heavy (non-hydrogen) atoms. The molecule has 1 saturated carbocycles. The SMILES string of the molecule is Cc1cc(C)c(Nc2ccc(NC(=O)NC3CCCCC3)cn2)c(C)c1. The number of nitrogens with zero attached hydrogens (tertiary/aromatic N) is 1. The van der Waals surface area contributed by atoms with Crippen molar-refractivity contribution in [1.29, 1.82) is 0 Å². The van der Waals surface area contributed by atoms with Gasteiger partial charge in [0.25, 0.3) is 0 Å². The van der Waals surface area contributed by atoms with E-state index in [4.69, 9.17) is 0 Å². The summed E-state index contributed by atoms with van der Waals surface area (Å²) in [5.74, 6) is 0.762. The second-order valence-corrected chi connectivity index (χ2v) is 7.26. The van der Waals surface area contributed by atoms with Crippen LogP contribution >= 0.6 is 0 Å². The van der Waals surface area contributed by atoms with Crippen molar-refractivity contribution < 1.29 is 4.79 Å². The third-order valence-electron chi connectivity index (χ3n) is 4.89. The summed E-state index contributed by atoms with van der Waals surface area (Å²) < 4.78 is 0. The number of amides is 2. The van der Waals surface area contributed by atoms with Crippen molar-refractivity contribution in [3.63, 3.8) is 0 Å². The Morgan fingerprint density at radius 1 is 1.04 bits per heavy atom. The van der Waals surface area contributed by atoms with Crippen LogP contribution in [0.4, 0.5) is 22.0 Å². The number of hydrogen-bond acceptors (Lipinski definition) is 3. The zero-order valence-electron chi connectivity index (χ0n) is 15.9. The minimum atomic E-state index is -0.148. The van der Waals surface area contributed by atoms with E-state index in [1.807, 2.05) is 12.1 Å². The predicted molar refractivity (Wildman–Crippen MR) is 107 cm³/mol. The number of hydrogen-bond donors (Lipinski definition) is 3. The Balaban J connectivity index is 1.59. The molecule has 138 valence electrons. The highest BCUT2D eigenvalue weighted by Crippen LogP contribution is 2.25. The first-order chi connectivity index (χ1) is 12.5. The zero-order valence-corrected chi connectivity index (χ0v) is 15.9. The first-order valence-corrected chi connectivity index (χ1v) is 9.40. The Labute approximate surface area is 155 Å². The monoisotopic (exact) mass is 352 g/mol. The van der Waals surface area contributed by atoms with Gasteiger partial charge in [-0.25, -0.2) is 9.78 Å². The molecule has 3 N–H and O–H groups in total. The van der Waals surface area contributed by atoms with Gasteiger partial charge in [0, 0.05) is 11.7 Å². The topological polar surface area (TPSA) is 66.0 Å². The van der Waals surface area contributed by atoms with Crippen LogP contribution in [0.3, 0.4) is 0 Å². The Morgan fingerprint density at radius 2 is 1.73 bits per heavy atom. The van der Waals surface area contributed by atoms with Crippen LogP contribution < -0.4 is 16.0 Å². The van der Waals surface area contributed by atoms with E-state index >= 15 is 0 Å². The van der Waals surface area contributed by atoms with Crippen molar-refractivity contribution in [2.24, 2.45) is 0 Å². The number of pyridine rings is 1. The number of aromatic nitrogens is 1. The quantitative estimate of drug-likeness (QED) is 0.708. The van der Waals surface area contributed by atoms with Crippen LogP contribution in [0.25, 0.3) is 0 Å². The Bertz CT molecular complexity index is 741. The van der Waals surface area contributed by atoms with E-state index in [1.54, 1.807) is 6.20 Å².